The van der Waals surface area contributed by atoms with Crippen LogP contribution in [0.4, 0.5) is 0 Å². The molecule has 61 heavy (non-hydrogen) atoms. The molecule has 6 nitrogen and oxygen atoms in total. The minimum atomic E-state index is -0.782. The monoisotopic (exact) mass is 857 g/mol. The lowest BCUT2D eigenvalue weighted by molar-refractivity contribution is -0.167. The van der Waals surface area contributed by atoms with Crippen LogP contribution in [-0.4, -0.2) is 37.2 Å². The summed E-state index contributed by atoms with van der Waals surface area (Å²) in [5.74, 6) is -0.906. The van der Waals surface area contributed by atoms with Crippen molar-refractivity contribution in [2.45, 2.75) is 284 Å². The minimum Gasteiger partial charge on any atom is -0.462 e. The molecule has 0 aromatic heterocycles. The van der Waals surface area contributed by atoms with E-state index in [2.05, 4.69) is 57.2 Å². The molecule has 0 aromatic rings. The second-order valence-corrected chi connectivity index (χ2v) is 17.8. The number of hydrogen-bond donors (Lipinski definition) is 0. The molecule has 1 atom stereocenters. The first-order valence-corrected chi connectivity index (χ1v) is 26.5. The number of rotatable bonds is 48. The van der Waals surface area contributed by atoms with Crippen molar-refractivity contribution in [2.24, 2.45) is 0 Å². The maximum atomic E-state index is 12.8. The molecule has 0 aliphatic carbocycles. The van der Waals surface area contributed by atoms with Gasteiger partial charge in [-0.25, -0.2) is 0 Å². The van der Waals surface area contributed by atoms with E-state index < -0.39 is 6.10 Å². The summed E-state index contributed by atoms with van der Waals surface area (Å²) in [6.45, 7) is 6.60. The summed E-state index contributed by atoms with van der Waals surface area (Å²) in [5, 5.41) is 0. The molecule has 0 bridgehead atoms. The summed E-state index contributed by atoms with van der Waals surface area (Å²) in [7, 11) is 0. The van der Waals surface area contributed by atoms with Crippen LogP contribution >= 0.6 is 0 Å². The molecule has 0 aliphatic rings. The van der Waals surface area contributed by atoms with Crippen LogP contribution in [0.25, 0.3) is 0 Å². The first kappa shape index (κ1) is 58.6. The van der Waals surface area contributed by atoms with Crippen LogP contribution in [-0.2, 0) is 28.6 Å². The third-order valence-corrected chi connectivity index (χ3v) is 11.6. The summed E-state index contributed by atoms with van der Waals surface area (Å²) in [6.07, 6.45) is 58.4. The van der Waals surface area contributed by atoms with Gasteiger partial charge in [-0.3, -0.25) is 14.4 Å². The van der Waals surface area contributed by atoms with Crippen LogP contribution < -0.4 is 0 Å². The molecule has 0 N–H and O–H groups in total. The van der Waals surface area contributed by atoms with Gasteiger partial charge in [-0.2, -0.15) is 0 Å². The molecular formula is C55H100O6. The van der Waals surface area contributed by atoms with Crippen molar-refractivity contribution in [3.05, 3.63) is 36.5 Å². The van der Waals surface area contributed by atoms with Crippen molar-refractivity contribution in [1.29, 1.82) is 0 Å². The third kappa shape index (κ3) is 48.5. The van der Waals surface area contributed by atoms with Gasteiger partial charge in [0.1, 0.15) is 13.2 Å². The zero-order valence-electron chi connectivity index (χ0n) is 40.7. The Bertz CT molecular complexity index is 1030. The molecule has 0 spiro atoms. The highest BCUT2D eigenvalue weighted by atomic mass is 16.6. The zero-order chi connectivity index (χ0) is 44.4. The molecule has 6 heteroatoms. The topological polar surface area (TPSA) is 78.9 Å². The predicted octanol–water partition coefficient (Wildman–Crippen LogP) is 17.3. The highest BCUT2D eigenvalue weighted by molar-refractivity contribution is 5.71. The highest BCUT2D eigenvalue weighted by Gasteiger charge is 2.19. The first-order chi connectivity index (χ1) is 30.0. The lowest BCUT2D eigenvalue weighted by Gasteiger charge is -2.18. The van der Waals surface area contributed by atoms with E-state index in [9.17, 15) is 14.4 Å². The van der Waals surface area contributed by atoms with Crippen LogP contribution in [0, 0.1) is 0 Å². The van der Waals surface area contributed by atoms with E-state index in [1.54, 1.807) is 0 Å². The zero-order valence-corrected chi connectivity index (χ0v) is 40.7. The minimum absolute atomic E-state index is 0.0822. The standard InChI is InChI=1S/C55H100O6/c1-4-7-10-13-16-19-22-25-27-29-30-33-36-39-42-45-48-54(57)60-51-52(50-59-53(56)47-44-41-38-35-32-24-21-18-15-12-9-6-3)61-55(58)49-46-43-40-37-34-31-28-26-23-20-17-14-11-8-5-2/h18,21,27,29-30,33,52H,4-17,19-20,22-26,28,31-32,34-51H2,1-3H3/b21-18-,29-27-,33-30-. The maximum absolute atomic E-state index is 12.8. The number of hydrogen-bond acceptors (Lipinski definition) is 6. The molecule has 0 aromatic carbocycles. The van der Waals surface area contributed by atoms with E-state index in [0.29, 0.717) is 19.3 Å². The van der Waals surface area contributed by atoms with E-state index in [-0.39, 0.29) is 31.1 Å². The Morgan fingerprint density at radius 1 is 0.328 bits per heavy atom. The molecule has 0 saturated carbocycles. The molecule has 356 valence electrons. The first-order valence-electron chi connectivity index (χ1n) is 26.5. The Labute approximate surface area is 378 Å². The Kier molecular flexibility index (Phi) is 48.3. The van der Waals surface area contributed by atoms with Crippen LogP contribution in [0.5, 0.6) is 0 Å². The Morgan fingerprint density at radius 3 is 0.967 bits per heavy atom. The predicted molar refractivity (Wildman–Crippen MR) is 261 cm³/mol. The lowest BCUT2D eigenvalue weighted by atomic mass is 10.0. The smallest absolute Gasteiger partial charge is 0.306 e. The molecule has 0 heterocycles. The summed E-state index contributed by atoms with van der Waals surface area (Å²) in [4.78, 5) is 38.0. The normalized spacial score (nSPS) is 12.2. The fraction of sp³-hybridized carbons (Fsp3) is 0.836. The number of carbonyl (C=O) groups excluding carboxylic acids is 3. The number of ether oxygens (including phenoxy) is 3. The molecular weight excluding hydrogens is 757 g/mol. The van der Waals surface area contributed by atoms with Crippen molar-refractivity contribution in [3.63, 3.8) is 0 Å². The summed E-state index contributed by atoms with van der Waals surface area (Å²) in [5.41, 5.74) is 0. The van der Waals surface area contributed by atoms with Gasteiger partial charge in [0, 0.05) is 19.3 Å². The van der Waals surface area contributed by atoms with Crippen molar-refractivity contribution in [3.8, 4) is 0 Å². The molecule has 0 aliphatic heterocycles. The van der Waals surface area contributed by atoms with Crippen molar-refractivity contribution >= 4 is 17.9 Å². The van der Waals surface area contributed by atoms with Crippen LogP contribution in [0.1, 0.15) is 278 Å². The molecule has 0 fully saturated rings. The average Bonchev–Trinajstić information content (AvgIpc) is 3.26. The van der Waals surface area contributed by atoms with Crippen molar-refractivity contribution < 1.29 is 28.6 Å². The van der Waals surface area contributed by atoms with Gasteiger partial charge in [-0.15, -0.1) is 0 Å². The van der Waals surface area contributed by atoms with Crippen molar-refractivity contribution in [1.82, 2.24) is 0 Å². The fourth-order valence-electron chi connectivity index (χ4n) is 7.60. The summed E-state index contributed by atoms with van der Waals surface area (Å²) < 4.78 is 16.8. The Balaban J connectivity index is 4.39. The van der Waals surface area contributed by atoms with E-state index in [0.717, 1.165) is 77.0 Å². The van der Waals surface area contributed by atoms with E-state index in [4.69, 9.17) is 14.2 Å². The van der Waals surface area contributed by atoms with Crippen molar-refractivity contribution in [2.75, 3.05) is 13.2 Å². The third-order valence-electron chi connectivity index (χ3n) is 11.6. The van der Waals surface area contributed by atoms with E-state index in [1.807, 2.05) is 0 Å². The number of unbranched alkanes of at least 4 members (excludes halogenated alkanes) is 32. The van der Waals surface area contributed by atoms with Gasteiger partial charge in [0.15, 0.2) is 6.10 Å². The maximum Gasteiger partial charge on any atom is 0.306 e. The molecule has 0 amide bonds. The van der Waals surface area contributed by atoms with Gasteiger partial charge in [-0.05, 0) is 70.6 Å². The fourth-order valence-corrected chi connectivity index (χ4v) is 7.60. The SMILES string of the molecule is CCCCC/C=C\CCCCCCCC(=O)OCC(COC(=O)CCCCC/C=C\C=C/CCCCCCCCC)OC(=O)CCCCCCCCCCCCCCCCC. The second kappa shape index (κ2) is 50.3. The Morgan fingerprint density at radius 2 is 0.590 bits per heavy atom. The summed E-state index contributed by atoms with van der Waals surface area (Å²) in [6, 6.07) is 0. The summed E-state index contributed by atoms with van der Waals surface area (Å²) >= 11 is 0. The quantitative estimate of drug-likeness (QED) is 0.0199. The van der Waals surface area contributed by atoms with Crippen LogP contribution in [0.2, 0.25) is 0 Å². The van der Waals surface area contributed by atoms with Gasteiger partial charge >= 0.3 is 17.9 Å². The molecule has 0 rings (SSSR count). The van der Waals surface area contributed by atoms with Crippen LogP contribution in [0.3, 0.4) is 0 Å². The molecule has 1 unspecified atom stereocenters. The van der Waals surface area contributed by atoms with Gasteiger partial charge in [0.05, 0.1) is 0 Å². The molecule has 0 radical (unpaired) electrons. The number of esters is 3. The molecule has 0 saturated heterocycles. The van der Waals surface area contributed by atoms with Crippen LogP contribution in [0.15, 0.2) is 36.5 Å². The highest BCUT2D eigenvalue weighted by Crippen LogP contribution is 2.15. The van der Waals surface area contributed by atoms with Gasteiger partial charge < -0.3 is 14.2 Å². The Hall–Kier alpha value is -2.37. The largest absolute Gasteiger partial charge is 0.462 e. The van der Waals surface area contributed by atoms with Gasteiger partial charge in [0.25, 0.3) is 0 Å². The van der Waals surface area contributed by atoms with Gasteiger partial charge in [-0.1, -0.05) is 224 Å². The number of carbonyl (C=O) groups is 3. The van der Waals surface area contributed by atoms with Gasteiger partial charge in [0.2, 0.25) is 0 Å². The second-order valence-electron chi connectivity index (χ2n) is 17.8. The lowest BCUT2D eigenvalue weighted by Crippen LogP contribution is -2.30. The van der Waals surface area contributed by atoms with E-state index >= 15 is 0 Å². The number of allylic oxidation sites excluding steroid dienone is 6. The average molecular weight is 857 g/mol. The van der Waals surface area contributed by atoms with E-state index in [1.165, 1.54) is 161 Å².